The number of nitrogens with two attached hydrogens (primary N) is 1. The van der Waals surface area contributed by atoms with Crippen molar-refractivity contribution in [3.8, 4) is 5.75 Å². The van der Waals surface area contributed by atoms with Crippen LogP contribution in [0, 0.1) is 5.82 Å². The molecule has 1 atom stereocenters. The van der Waals surface area contributed by atoms with Crippen molar-refractivity contribution in [2.45, 2.75) is 25.6 Å². The molecule has 8 heteroatoms. The van der Waals surface area contributed by atoms with Gasteiger partial charge in [-0.15, -0.1) is 0 Å². The molecular weight excluding hydrogens is 429 g/mol. The van der Waals surface area contributed by atoms with Gasteiger partial charge in [-0.25, -0.2) is 4.39 Å². The number of benzene rings is 2. The molecule has 2 heterocycles. The standard InChI is InChI=1S/C24H22FN3O3S/c1-16-22(23(26)30)32-24(28(16)14-17-7-9-19(25)10-8-17)27-12-11-20(13-21(27)29)31-15-18-5-3-2-4-6-18/h2-13,24H,14-15H2,1H3,(H2,26,30). The number of thioether (sulfide) groups is 1. The number of pyridine rings is 1. The third kappa shape index (κ3) is 4.70. The summed E-state index contributed by atoms with van der Waals surface area (Å²) in [5.74, 6) is -0.411. The van der Waals surface area contributed by atoms with Crippen LogP contribution in [0.3, 0.4) is 0 Å². The maximum absolute atomic E-state index is 13.3. The molecule has 4 rings (SSSR count). The first-order valence-corrected chi connectivity index (χ1v) is 10.9. The molecule has 1 aromatic heterocycles. The van der Waals surface area contributed by atoms with Crippen LogP contribution in [-0.4, -0.2) is 15.4 Å². The van der Waals surface area contributed by atoms with Gasteiger partial charge in [0.05, 0.1) is 4.91 Å². The topological polar surface area (TPSA) is 77.6 Å². The van der Waals surface area contributed by atoms with E-state index < -0.39 is 11.4 Å². The van der Waals surface area contributed by atoms with Gasteiger partial charge in [0.1, 0.15) is 18.2 Å². The van der Waals surface area contributed by atoms with E-state index in [1.807, 2.05) is 35.2 Å². The SMILES string of the molecule is CC1=C(C(N)=O)SC(n2ccc(OCc3ccccc3)cc2=O)N1Cc1ccc(F)cc1. The highest BCUT2D eigenvalue weighted by atomic mass is 32.2. The van der Waals surface area contributed by atoms with E-state index in [9.17, 15) is 14.0 Å². The fourth-order valence-corrected chi connectivity index (χ4v) is 4.72. The van der Waals surface area contributed by atoms with Crippen LogP contribution in [0.25, 0.3) is 0 Å². The summed E-state index contributed by atoms with van der Waals surface area (Å²) in [7, 11) is 0. The molecule has 1 amide bonds. The Morgan fingerprint density at radius 1 is 1.09 bits per heavy atom. The average Bonchev–Trinajstić information content (AvgIpc) is 3.11. The Hall–Kier alpha value is -3.52. The smallest absolute Gasteiger partial charge is 0.257 e. The lowest BCUT2D eigenvalue weighted by Gasteiger charge is -2.29. The molecule has 0 bridgehead atoms. The summed E-state index contributed by atoms with van der Waals surface area (Å²) >= 11 is 1.22. The molecular formula is C24H22FN3O3S. The Labute approximate surface area is 189 Å². The van der Waals surface area contributed by atoms with Crippen LogP contribution < -0.4 is 16.0 Å². The van der Waals surface area contributed by atoms with Gasteiger partial charge in [0.25, 0.3) is 11.5 Å². The number of nitrogens with zero attached hydrogens (tertiary/aromatic N) is 2. The highest BCUT2D eigenvalue weighted by Crippen LogP contribution is 2.44. The lowest BCUT2D eigenvalue weighted by atomic mass is 10.2. The zero-order valence-corrected chi connectivity index (χ0v) is 18.2. The van der Waals surface area contributed by atoms with Crippen molar-refractivity contribution in [2.24, 2.45) is 5.73 Å². The highest BCUT2D eigenvalue weighted by molar-refractivity contribution is 8.04. The van der Waals surface area contributed by atoms with Crippen LogP contribution in [-0.2, 0) is 17.9 Å². The molecule has 1 aliphatic heterocycles. The number of hydrogen-bond acceptors (Lipinski definition) is 5. The van der Waals surface area contributed by atoms with E-state index in [0.717, 1.165) is 11.1 Å². The first-order valence-electron chi connectivity index (χ1n) is 10.00. The average molecular weight is 452 g/mol. The van der Waals surface area contributed by atoms with Gasteiger partial charge in [0.2, 0.25) is 0 Å². The molecule has 0 radical (unpaired) electrons. The van der Waals surface area contributed by atoms with Crippen LogP contribution in [0.15, 0.2) is 88.3 Å². The predicted molar refractivity (Wildman–Crippen MR) is 122 cm³/mol. The largest absolute Gasteiger partial charge is 0.489 e. The molecule has 0 saturated carbocycles. The van der Waals surface area contributed by atoms with E-state index in [2.05, 4.69) is 0 Å². The van der Waals surface area contributed by atoms with Crippen LogP contribution in [0.5, 0.6) is 5.75 Å². The minimum Gasteiger partial charge on any atom is -0.489 e. The fourth-order valence-electron chi connectivity index (χ4n) is 3.46. The summed E-state index contributed by atoms with van der Waals surface area (Å²) < 4.78 is 20.6. The first kappa shape index (κ1) is 21.7. The predicted octanol–water partition coefficient (Wildman–Crippen LogP) is 3.99. The van der Waals surface area contributed by atoms with Gasteiger partial charge in [-0.3, -0.25) is 14.2 Å². The van der Waals surface area contributed by atoms with E-state index in [1.54, 1.807) is 31.3 Å². The number of carbonyl (C=O) groups is 1. The van der Waals surface area contributed by atoms with Crippen molar-refractivity contribution in [2.75, 3.05) is 0 Å². The summed E-state index contributed by atoms with van der Waals surface area (Å²) in [6.45, 7) is 2.53. The van der Waals surface area contributed by atoms with E-state index in [0.29, 0.717) is 29.5 Å². The molecule has 1 unspecified atom stereocenters. The summed E-state index contributed by atoms with van der Waals surface area (Å²) in [4.78, 5) is 27.2. The van der Waals surface area contributed by atoms with Crippen LogP contribution >= 0.6 is 11.8 Å². The minimum absolute atomic E-state index is 0.268. The number of carbonyl (C=O) groups excluding carboxylic acids is 1. The van der Waals surface area contributed by atoms with Crippen molar-refractivity contribution >= 4 is 17.7 Å². The molecule has 0 aliphatic carbocycles. The monoisotopic (exact) mass is 451 g/mol. The maximum Gasteiger partial charge on any atom is 0.257 e. The van der Waals surface area contributed by atoms with Crippen LogP contribution in [0.2, 0.25) is 0 Å². The number of aromatic nitrogens is 1. The second-order valence-corrected chi connectivity index (χ2v) is 8.43. The quantitative estimate of drug-likeness (QED) is 0.588. The number of primary amides is 1. The molecule has 2 aromatic carbocycles. The number of halogens is 1. The highest BCUT2D eigenvalue weighted by Gasteiger charge is 2.34. The second kappa shape index (κ2) is 9.32. The molecule has 2 N–H and O–H groups in total. The van der Waals surface area contributed by atoms with Gasteiger partial charge in [-0.05, 0) is 36.2 Å². The van der Waals surface area contributed by atoms with Gasteiger partial charge >= 0.3 is 0 Å². The fraction of sp³-hybridized carbons (Fsp3) is 0.167. The summed E-state index contributed by atoms with van der Waals surface area (Å²) in [6.07, 6.45) is 1.65. The van der Waals surface area contributed by atoms with Crippen LogP contribution in [0.4, 0.5) is 4.39 Å². The van der Waals surface area contributed by atoms with Gasteiger partial charge in [-0.1, -0.05) is 54.2 Å². The zero-order valence-electron chi connectivity index (χ0n) is 17.4. The molecule has 3 aromatic rings. The second-order valence-electron chi connectivity index (χ2n) is 7.36. The third-order valence-corrected chi connectivity index (χ3v) is 6.57. The Morgan fingerprint density at radius 2 is 1.81 bits per heavy atom. The van der Waals surface area contributed by atoms with Gasteiger partial charge in [-0.2, -0.15) is 0 Å². The van der Waals surface area contributed by atoms with E-state index >= 15 is 0 Å². The molecule has 0 saturated heterocycles. The van der Waals surface area contributed by atoms with Crippen molar-refractivity contribution in [3.05, 3.63) is 111 Å². The molecule has 0 fully saturated rings. The molecule has 6 nitrogen and oxygen atoms in total. The normalized spacial score (nSPS) is 15.8. The van der Waals surface area contributed by atoms with Crippen molar-refractivity contribution in [3.63, 3.8) is 0 Å². The molecule has 0 spiro atoms. The lowest BCUT2D eigenvalue weighted by Crippen LogP contribution is -2.32. The summed E-state index contributed by atoms with van der Waals surface area (Å²) in [5.41, 5.74) is 7.31. The van der Waals surface area contributed by atoms with Crippen LogP contribution in [0.1, 0.15) is 23.5 Å². The Kier molecular flexibility index (Phi) is 6.32. The number of rotatable bonds is 7. The Bertz CT molecular complexity index is 1210. The lowest BCUT2D eigenvalue weighted by molar-refractivity contribution is -0.114. The van der Waals surface area contributed by atoms with Crippen molar-refractivity contribution in [1.82, 2.24) is 9.47 Å². The maximum atomic E-state index is 13.3. The Morgan fingerprint density at radius 3 is 2.47 bits per heavy atom. The molecule has 1 aliphatic rings. The summed E-state index contributed by atoms with van der Waals surface area (Å²) in [6, 6.07) is 18.9. The number of ether oxygens (including phenoxy) is 1. The van der Waals surface area contributed by atoms with E-state index in [4.69, 9.17) is 10.5 Å². The number of allylic oxidation sites excluding steroid dienone is 1. The van der Waals surface area contributed by atoms with Gasteiger partial charge in [0.15, 0.2) is 5.50 Å². The first-order chi connectivity index (χ1) is 15.4. The summed E-state index contributed by atoms with van der Waals surface area (Å²) in [5, 5.41) is 0. The molecule has 164 valence electrons. The Balaban J connectivity index is 1.58. The van der Waals surface area contributed by atoms with Gasteiger partial charge < -0.3 is 15.4 Å². The van der Waals surface area contributed by atoms with E-state index in [-0.39, 0.29) is 11.4 Å². The number of hydrogen-bond donors (Lipinski definition) is 1. The molecule has 32 heavy (non-hydrogen) atoms. The van der Waals surface area contributed by atoms with Crippen molar-refractivity contribution in [1.29, 1.82) is 0 Å². The minimum atomic E-state index is -0.546. The van der Waals surface area contributed by atoms with Crippen molar-refractivity contribution < 1.29 is 13.9 Å². The van der Waals surface area contributed by atoms with Gasteiger partial charge in [0, 0.05) is 24.5 Å². The zero-order chi connectivity index (χ0) is 22.7. The number of amides is 1. The third-order valence-electron chi connectivity index (χ3n) is 5.15. The van der Waals surface area contributed by atoms with E-state index in [1.165, 1.54) is 34.5 Å².